The molecule has 3 saturated heterocycles. The van der Waals surface area contributed by atoms with Gasteiger partial charge in [0.15, 0.2) is 17.7 Å². The highest BCUT2D eigenvalue weighted by atomic mass is 16.7. The van der Waals surface area contributed by atoms with Gasteiger partial charge in [-0.05, 0) is 80.6 Å². The quantitative estimate of drug-likeness (QED) is 0.257. The number of carbonyl (C=O) groups is 3. The van der Waals surface area contributed by atoms with E-state index in [1.807, 2.05) is 53.7 Å². The average Bonchev–Trinajstić information content (AvgIpc) is 3.33. The maximum absolute atomic E-state index is 14.2. The van der Waals surface area contributed by atoms with Crippen molar-refractivity contribution in [1.82, 2.24) is 20.4 Å². The SMILES string of the molecule is CCNC[C@@H]1C[C@H](N(C)C)[C@@H](O)[C@H](O[C@@H]2[C@@H](C)C(=O)C(C)C(=O)O[C@H](CC)[C@@]3(C)OC(=O)N[C@@H]3[C@@H](C)N(C)C[C@H](C)C[C@@]2(C)OC)O1. The fourth-order valence-corrected chi connectivity index (χ4v) is 7.84. The summed E-state index contributed by atoms with van der Waals surface area (Å²) in [5, 5.41) is 17.8. The van der Waals surface area contributed by atoms with Crippen LogP contribution in [0.1, 0.15) is 74.7 Å². The van der Waals surface area contributed by atoms with E-state index in [1.54, 1.807) is 21.0 Å². The van der Waals surface area contributed by atoms with Crippen LogP contribution in [-0.2, 0) is 33.3 Å². The molecule has 1 unspecified atom stereocenters. The van der Waals surface area contributed by atoms with E-state index in [1.165, 1.54) is 6.92 Å². The van der Waals surface area contributed by atoms with E-state index in [9.17, 15) is 19.5 Å². The number of aliphatic hydroxyl groups excluding tert-OH is 1. The summed E-state index contributed by atoms with van der Waals surface area (Å²) in [4.78, 5) is 44.6. The highest BCUT2D eigenvalue weighted by Crippen LogP contribution is 2.38. The van der Waals surface area contributed by atoms with E-state index in [-0.39, 0.29) is 29.9 Å². The maximum atomic E-state index is 14.2. The number of nitrogens with zero attached hydrogens (tertiary/aromatic N) is 2. The Kier molecular flexibility index (Phi) is 13.7. The second-order valence-electron chi connectivity index (χ2n) is 14.7. The average molecular weight is 671 g/mol. The van der Waals surface area contributed by atoms with E-state index in [0.29, 0.717) is 32.4 Å². The Balaban J connectivity index is 2.05. The molecule has 47 heavy (non-hydrogen) atoms. The van der Waals surface area contributed by atoms with Crippen LogP contribution in [0.5, 0.6) is 0 Å². The monoisotopic (exact) mass is 670 g/mol. The van der Waals surface area contributed by atoms with Gasteiger partial charge in [-0.25, -0.2) is 4.79 Å². The highest BCUT2D eigenvalue weighted by molar-refractivity contribution is 6.00. The Morgan fingerprint density at radius 1 is 1.13 bits per heavy atom. The molecule has 3 aliphatic heterocycles. The molecule has 272 valence electrons. The van der Waals surface area contributed by atoms with Gasteiger partial charge in [-0.3, -0.25) is 9.59 Å². The van der Waals surface area contributed by atoms with Gasteiger partial charge >= 0.3 is 12.1 Å². The summed E-state index contributed by atoms with van der Waals surface area (Å²) in [5.74, 6) is -3.03. The predicted molar refractivity (Wildman–Crippen MR) is 177 cm³/mol. The summed E-state index contributed by atoms with van der Waals surface area (Å²) in [5.41, 5.74) is -2.17. The molecule has 0 spiro atoms. The van der Waals surface area contributed by atoms with Gasteiger partial charge in [0, 0.05) is 38.2 Å². The standard InChI is InChI=1S/C34H62N4O9/c1-13-25-34(8)28(36-32(42)47-34)22(6)38(11)18-19(3)16-33(7,43-12)29(20(4)26(39)21(5)30(41)45-25)46-31-27(40)24(37(9)10)15-23(44-31)17-35-14-2/h19-25,27-29,31,35,40H,13-18H2,1-12H3,(H,36,42)/t19-,20+,21?,22-,23+,24+,25-,27-,28-,29-,31+,33-,34-/m1/s1. The molecule has 3 heterocycles. The molecule has 3 aliphatic rings. The van der Waals surface area contributed by atoms with E-state index in [0.717, 1.165) is 6.54 Å². The Morgan fingerprint density at radius 2 is 1.79 bits per heavy atom. The normalized spacial score (nSPS) is 43.0. The molecular formula is C34H62N4O9. The molecule has 3 N–H and O–H groups in total. The minimum absolute atomic E-state index is 0.0423. The number of rotatable bonds is 8. The number of carbonyl (C=O) groups excluding carboxylic acids is 3. The van der Waals surface area contributed by atoms with Crippen LogP contribution in [0.15, 0.2) is 0 Å². The first-order chi connectivity index (χ1) is 21.9. The van der Waals surface area contributed by atoms with Crippen LogP contribution in [0.3, 0.4) is 0 Å². The number of amides is 1. The Hall–Kier alpha value is -1.87. The lowest BCUT2D eigenvalue weighted by atomic mass is 9.78. The number of fused-ring (bicyclic) bond motifs is 1. The highest BCUT2D eigenvalue weighted by Gasteiger charge is 2.56. The lowest BCUT2D eigenvalue weighted by molar-refractivity contribution is -0.297. The van der Waals surface area contributed by atoms with Crippen LogP contribution in [0.2, 0.25) is 0 Å². The number of aliphatic hydroxyl groups is 1. The number of hydrogen-bond donors (Lipinski definition) is 3. The van der Waals surface area contributed by atoms with E-state index in [4.69, 9.17) is 23.7 Å². The zero-order chi connectivity index (χ0) is 35.4. The van der Waals surface area contributed by atoms with Gasteiger partial charge in [-0.15, -0.1) is 0 Å². The predicted octanol–water partition coefficient (Wildman–Crippen LogP) is 2.18. The summed E-state index contributed by atoms with van der Waals surface area (Å²) in [6.45, 7) is 16.9. The molecule has 3 rings (SSSR count). The molecular weight excluding hydrogens is 608 g/mol. The Bertz CT molecular complexity index is 1080. The van der Waals surface area contributed by atoms with Gasteiger partial charge in [-0.2, -0.15) is 0 Å². The van der Waals surface area contributed by atoms with Crippen molar-refractivity contribution in [3.05, 3.63) is 0 Å². The van der Waals surface area contributed by atoms with Crippen LogP contribution >= 0.6 is 0 Å². The molecule has 0 aromatic rings. The minimum Gasteiger partial charge on any atom is -0.458 e. The number of ether oxygens (including phenoxy) is 5. The molecule has 13 heteroatoms. The number of cyclic esters (lactones) is 1. The third-order valence-electron chi connectivity index (χ3n) is 10.8. The number of likely N-dealkylation sites (N-methyl/N-ethyl adjacent to an activating group) is 3. The number of ketones is 1. The first-order valence-corrected chi connectivity index (χ1v) is 17.3. The molecule has 13 nitrogen and oxygen atoms in total. The van der Waals surface area contributed by atoms with Crippen LogP contribution in [0, 0.1) is 17.8 Å². The zero-order valence-corrected chi connectivity index (χ0v) is 30.7. The number of methoxy groups -OCH3 is 1. The van der Waals surface area contributed by atoms with E-state index >= 15 is 0 Å². The number of hydrogen-bond acceptors (Lipinski definition) is 12. The molecule has 0 saturated carbocycles. The van der Waals surface area contributed by atoms with Gasteiger partial charge in [0.25, 0.3) is 0 Å². The van der Waals surface area contributed by atoms with Crippen molar-refractivity contribution in [3.63, 3.8) is 0 Å². The lowest BCUT2D eigenvalue weighted by Crippen LogP contribution is -2.60. The summed E-state index contributed by atoms with van der Waals surface area (Å²) in [7, 11) is 7.41. The number of nitrogens with one attached hydrogen (secondary N) is 2. The second kappa shape index (κ2) is 16.2. The van der Waals surface area contributed by atoms with Crippen molar-refractivity contribution in [2.45, 2.75) is 135 Å². The van der Waals surface area contributed by atoms with Crippen LogP contribution in [-0.4, -0.2) is 141 Å². The Labute approximate surface area is 281 Å². The van der Waals surface area contributed by atoms with Crippen molar-refractivity contribution in [1.29, 1.82) is 0 Å². The third kappa shape index (κ3) is 8.66. The lowest BCUT2D eigenvalue weighted by Gasteiger charge is -2.47. The molecule has 13 atom stereocenters. The summed E-state index contributed by atoms with van der Waals surface area (Å²) < 4.78 is 31.1. The molecule has 0 radical (unpaired) electrons. The first kappa shape index (κ1) is 39.6. The fourth-order valence-electron chi connectivity index (χ4n) is 7.84. The minimum atomic E-state index is -1.15. The van der Waals surface area contributed by atoms with Crippen LogP contribution in [0.4, 0.5) is 4.79 Å². The largest absolute Gasteiger partial charge is 0.458 e. The van der Waals surface area contributed by atoms with Crippen molar-refractivity contribution < 1.29 is 43.2 Å². The molecule has 0 aliphatic carbocycles. The molecule has 0 aromatic carbocycles. The van der Waals surface area contributed by atoms with Crippen LogP contribution < -0.4 is 10.6 Å². The second-order valence-corrected chi connectivity index (χ2v) is 14.7. The number of Topliss-reactive ketones (excluding diaryl/α,β-unsaturated/α-hetero) is 1. The van der Waals surface area contributed by atoms with Crippen molar-refractivity contribution >= 4 is 17.8 Å². The molecule has 0 bridgehead atoms. The van der Waals surface area contributed by atoms with E-state index in [2.05, 4.69) is 22.5 Å². The first-order valence-electron chi connectivity index (χ1n) is 17.3. The molecule has 3 fully saturated rings. The Morgan fingerprint density at radius 3 is 2.36 bits per heavy atom. The fraction of sp³-hybridized carbons (Fsp3) is 0.912. The summed E-state index contributed by atoms with van der Waals surface area (Å²) in [6.07, 6.45) is -3.02. The van der Waals surface area contributed by atoms with Gasteiger partial charge < -0.3 is 49.2 Å². The molecule has 0 aromatic heterocycles. The van der Waals surface area contributed by atoms with Gasteiger partial charge in [0.1, 0.15) is 18.1 Å². The molecule has 1 amide bonds. The number of alkyl carbamates (subject to hydrolysis) is 1. The topological polar surface area (TPSA) is 148 Å². The van der Waals surface area contributed by atoms with Gasteiger partial charge in [0.2, 0.25) is 0 Å². The number of esters is 1. The summed E-state index contributed by atoms with van der Waals surface area (Å²) in [6, 6.07) is -0.903. The van der Waals surface area contributed by atoms with Crippen molar-refractivity contribution in [3.8, 4) is 0 Å². The van der Waals surface area contributed by atoms with Gasteiger partial charge in [-0.1, -0.05) is 27.7 Å². The summed E-state index contributed by atoms with van der Waals surface area (Å²) >= 11 is 0. The van der Waals surface area contributed by atoms with E-state index < -0.39 is 65.7 Å². The maximum Gasteiger partial charge on any atom is 0.408 e. The van der Waals surface area contributed by atoms with Crippen molar-refractivity contribution in [2.75, 3.05) is 47.9 Å². The van der Waals surface area contributed by atoms with Crippen LogP contribution in [0.25, 0.3) is 0 Å². The zero-order valence-electron chi connectivity index (χ0n) is 30.7. The van der Waals surface area contributed by atoms with Crippen molar-refractivity contribution in [2.24, 2.45) is 17.8 Å². The third-order valence-corrected chi connectivity index (χ3v) is 10.8. The smallest absolute Gasteiger partial charge is 0.408 e. The van der Waals surface area contributed by atoms with Gasteiger partial charge in [0.05, 0.1) is 23.9 Å².